The quantitative estimate of drug-likeness (QED) is 0.0578. The zero-order valence-electron chi connectivity index (χ0n) is 35.3. The number of carbonyl (C=O) groups excluding carboxylic acids is 3. The zero-order valence-corrected chi connectivity index (χ0v) is 36.3. The average molecular weight is 839 g/mol. The lowest BCUT2D eigenvalue weighted by Crippen LogP contribution is -2.31. The van der Waals surface area contributed by atoms with Gasteiger partial charge in [0.25, 0.3) is 0 Å². The van der Waals surface area contributed by atoms with E-state index in [0.717, 1.165) is 77.3 Å². The summed E-state index contributed by atoms with van der Waals surface area (Å²) in [7, 11) is -1.78. The van der Waals surface area contributed by atoms with Gasteiger partial charge in [-0.3, -0.25) is 14.4 Å². The van der Waals surface area contributed by atoms with Crippen molar-refractivity contribution in [3.63, 3.8) is 0 Å². The zero-order chi connectivity index (χ0) is 43.6. The number of benzene rings is 6. The van der Waals surface area contributed by atoms with Crippen molar-refractivity contribution in [3.8, 4) is 0 Å². The highest BCUT2D eigenvalue weighted by Crippen LogP contribution is 2.35. The van der Waals surface area contributed by atoms with E-state index in [1.165, 1.54) is 0 Å². The molecule has 0 N–H and O–H groups in total. The van der Waals surface area contributed by atoms with E-state index in [4.69, 9.17) is 18.6 Å². The number of hydrogen-bond donors (Lipinski definition) is 0. The summed E-state index contributed by atoms with van der Waals surface area (Å²) in [6, 6.07) is 36.6. The van der Waals surface area contributed by atoms with Crippen molar-refractivity contribution in [2.24, 2.45) is 0 Å². The van der Waals surface area contributed by atoms with Gasteiger partial charge in [0.15, 0.2) is 25.7 Å². The lowest BCUT2D eigenvalue weighted by Gasteiger charge is -2.23. The summed E-state index contributed by atoms with van der Waals surface area (Å²) in [5.41, 5.74) is 6.89. The molecule has 6 aromatic carbocycles. The molecule has 62 heavy (non-hydrogen) atoms. The number of carbonyl (C=O) groups is 3. The molecule has 0 spiro atoms. The van der Waals surface area contributed by atoms with E-state index >= 15 is 0 Å². The van der Waals surface area contributed by atoms with Crippen molar-refractivity contribution in [2.75, 3.05) is 39.6 Å². The fourth-order valence-corrected chi connectivity index (χ4v) is 9.23. The normalized spacial score (nSPS) is 13.6. The van der Waals surface area contributed by atoms with Crippen molar-refractivity contribution >= 4 is 75.9 Å². The minimum atomic E-state index is -1.78. The van der Waals surface area contributed by atoms with E-state index in [1.54, 1.807) is 18.2 Å². The number of allylic oxidation sites excluding steroid dienone is 2. The summed E-state index contributed by atoms with van der Waals surface area (Å²) in [6.07, 6.45) is 10.7. The van der Waals surface area contributed by atoms with Gasteiger partial charge in [0, 0.05) is 55.6 Å². The van der Waals surface area contributed by atoms with Gasteiger partial charge < -0.3 is 18.6 Å². The fourth-order valence-electron chi connectivity index (χ4n) is 7.87. The second-order valence-corrected chi connectivity index (χ2v) is 19.9. The standard InChI is InChI=1S/C19H18O3.C19H20O2Si.C16H12O2/c1-2-9-21-10-11-22-13-16-12-15-7-3-5-14-6-4-8-17(18(14)15)19(16)20;1-4-11-22(2,3)21-13-16-12-15-9-5-7-14-8-6-10-17(18(14)15)19(16)20;1-2-9-18-15-10-14(17)12-7-3-5-11-6-4-8-13(15)16(11)12/h2-8,12H,1,9-11,13H2;4-10,12H,1,11,13H2,2-3H3;2-8,10H,1,9H2. The first-order valence-corrected chi connectivity index (χ1v) is 23.8. The van der Waals surface area contributed by atoms with Gasteiger partial charge in [-0.15, -0.1) is 13.2 Å². The number of hydrogen-bond acceptors (Lipinski definition) is 7. The van der Waals surface area contributed by atoms with Crippen LogP contribution >= 0.6 is 0 Å². The van der Waals surface area contributed by atoms with Crippen molar-refractivity contribution in [2.45, 2.75) is 19.1 Å². The van der Waals surface area contributed by atoms with E-state index in [0.29, 0.717) is 51.0 Å². The molecule has 0 atom stereocenters. The van der Waals surface area contributed by atoms with Gasteiger partial charge in [-0.1, -0.05) is 134 Å². The van der Waals surface area contributed by atoms with Crippen LogP contribution in [-0.2, 0) is 18.6 Å². The molecule has 8 heteroatoms. The van der Waals surface area contributed by atoms with Crippen LogP contribution in [0.15, 0.2) is 164 Å². The Bertz CT molecular complexity index is 2810. The minimum Gasteiger partial charge on any atom is -0.489 e. The van der Waals surface area contributed by atoms with Gasteiger partial charge >= 0.3 is 0 Å². The molecule has 7 nitrogen and oxygen atoms in total. The third-order valence-corrected chi connectivity index (χ3v) is 13.0. The Morgan fingerprint density at radius 3 is 1.55 bits per heavy atom. The van der Waals surface area contributed by atoms with Crippen molar-refractivity contribution in [1.29, 1.82) is 0 Å². The highest BCUT2D eigenvalue weighted by atomic mass is 28.4. The van der Waals surface area contributed by atoms with Crippen molar-refractivity contribution in [1.82, 2.24) is 0 Å². The van der Waals surface area contributed by atoms with Gasteiger partial charge in [0.1, 0.15) is 12.4 Å². The average Bonchev–Trinajstić information content (AvgIpc) is 3.28. The molecule has 0 saturated heterocycles. The van der Waals surface area contributed by atoms with E-state index in [2.05, 4.69) is 38.9 Å². The molecule has 3 aliphatic rings. The SMILES string of the molecule is C=CCOC1=CC(=O)c2cccc3cccc1c23.C=CCOCCOCC1=Cc2cccc3cccc(c23)C1=O.C=CC[Si](C)(C)OCC1=Cc2cccc3cccc(c23)C1=O. The summed E-state index contributed by atoms with van der Waals surface area (Å²) >= 11 is 0. The molecule has 0 bridgehead atoms. The molecular weight excluding hydrogens is 789 g/mol. The Hall–Kier alpha value is -6.55. The Kier molecular flexibility index (Phi) is 14.0. The van der Waals surface area contributed by atoms with Gasteiger partial charge in [-0.05, 0) is 58.6 Å². The van der Waals surface area contributed by atoms with E-state index in [1.807, 2.05) is 121 Å². The highest BCUT2D eigenvalue weighted by molar-refractivity contribution is 6.71. The Balaban J connectivity index is 0.000000141. The first-order valence-electron chi connectivity index (χ1n) is 20.7. The van der Waals surface area contributed by atoms with Crippen LogP contribution in [0.3, 0.4) is 0 Å². The van der Waals surface area contributed by atoms with Gasteiger partial charge in [0.05, 0.1) is 33.0 Å². The largest absolute Gasteiger partial charge is 0.489 e. The molecule has 0 radical (unpaired) electrons. The van der Waals surface area contributed by atoms with Crippen molar-refractivity contribution < 1.29 is 33.0 Å². The monoisotopic (exact) mass is 838 g/mol. The van der Waals surface area contributed by atoms with Crippen LogP contribution in [0, 0.1) is 0 Å². The minimum absolute atomic E-state index is 0.00152. The maximum atomic E-state index is 12.7. The van der Waals surface area contributed by atoms with Crippen LogP contribution in [-0.4, -0.2) is 65.3 Å². The van der Waals surface area contributed by atoms with Crippen LogP contribution in [0.4, 0.5) is 0 Å². The summed E-state index contributed by atoms with van der Waals surface area (Å²) in [4.78, 5) is 37.4. The lowest BCUT2D eigenvalue weighted by molar-refractivity contribution is 0.0661. The van der Waals surface area contributed by atoms with Crippen LogP contribution < -0.4 is 0 Å². The number of ether oxygens (including phenoxy) is 3. The Labute approximate surface area is 364 Å². The molecule has 0 saturated carbocycles. The summed E-state index contributed by atoms with van der Waals surface area (Å²) in [5, 5.41) is 6.34. The molecule has 3 aliphatic carbocycles. The van der Waals surface area contributed by atoms with E-state index in [9.17, 15) is 14.4 Å². The van der Waals surface area contributed by atoms with Crippen LogP contribution in [0.2, 0.25) is 19.1 Å². The maximum Gasteiger partial charge on any atom is 0.192 e. The van der Waals surface area contributed by atoms with Crippen LogP contribution in [0.25, 0.3) is 50.2 Å². The first kappa shape index (κ1) is 43.5. The molecule has 0 fully saturated rings. The van der Waals surface area contributed by atoms with Gasteiger partial charge in [0.2, 0.25) is 0 Å². The van der Waals surface area contributed by atoms with Crippen molar-refractivity contribution in [3.05, 3.63) is 198 Å². The first-order chi connectivity index (χ1) is 30.1. The third kappa shape index (κ3) is 9.65. The van der Waals surface area contributed by atoms with Gasteiger partial charge in [-0.25, -0.2) is 0 Å². The second-order valence-electron chi connectivity index (χ2n) is 15.6. The maximum absolute atomic E-state index is 12.7. The predicted octanol–water partition coefficient (Wildman–Crippen LogP) is 12.0. The van der Waals surface area contributed by atoms with Crippen LogP contribution in [0.1, 0.15) is 47.8 Å². The second kappa shape index (κ2) is 19.9. The lowest BCUT2D eigenvalue weighted by atomic mass is 9.88. The molecule has 0 heterocycles. The van der Waals surface area contributed by atoms with E-state index < -0.39 is 8.32 Å². The summed E-state index contributed by atoms with van der Waals surface area (Å²) < 4.78 is 22.4. The number of rotatable bonds is 15. The molecule has 0 aliphatic heterocycles. The Morgan fingerprint density at radius 1 is 0.516 bits per heavy atom. The topological polar surface area (TPSA) is 88.1 Å². The molecule has 6 aromatic rings. The summed E-state index contributed by atoms with van der Waals surface area (Å²) in [5.74, 6) is 0.770. The molecule has 312 valence electrons. The van der Waals surface area contributed by atoms with E-state index in [-0.39, 0.29) is 17.3 Å². The Morgan fingerprint density at radius 2 is 1.00 bits per heavy atom. The highest BCUT2D eigenvalue weighted by Gasteiger charge is 2.26. The van der Waals surface area contributed by atoms with Gasteiger partial charge in [-0.2, -0.15) is 0 Å². The number of ketones is 3. The van der Waals surface area contributed by atoms with Crippen LogP contribution in [0.5, 0.6) is 0 Å². The molecule has 0 aromatic heterocycles. The fraction of sp³-hybridized carbons (Fsp3) is 0.167. The third-order valence-electron chi connectivity index (χ3n) is 10.8. The molecular formula is C54H50O7Si. The molecule has 0 unspecified atom stereocenters. The molecule has 0 amide bonds. The smallest absolute Gasteiger partial charge is 0.192 e. The molecule has 9 rings (SSSR count). The number of Topliss-reactive ketones (excluding diaryl/α,β-unsaturated/α-hetero) is 2. The summed E-state index contributed by atoms with van der Waals surface area (Å²) in [6.45, 7) is 17.9. The predicted molar refractivity (Wildman–Crippen MR) is 255 cm³/mol.